The molecule has 19 heavy (non-hydrogen) atoms. The third-order valence-electron chi connectivity index (χ3n) is 3.00. The number of benzene rings is 2. The minimum Gasteiger partial charge on any atom is -0.508 e. The Labute approximate surface area is 108 Å². The number of non-ortho nitro benzene ring substituents is 1. The Kier molecular flexibility index (Phi) is 2.45. The van der Waals surface area contributed by atoms with E-state index >= 15 is 0 Å². The maximum atomic E-state index is 10.8. The summed E-state index contributed by atoms with van der Waals surface area (Å²) in [6, 6.07) is 13.4. The number of nitrogens with zero attached hydrogens (tertiary/aromatic N) is 2. The van der Waals surface area contributed by atoms with Crippen LogP contribution < -0.4 is 0 Å². The fraction of sp³-hybridized carbons (Fsp3) is 0. The molecule has 3 rings (SSSR count). The third kappa shape index (κ3) is 1.91. The van der Waals surface area contributed by atoms with Crippen molar-refractivity contribution >= 4 is 16.6 Å². The molecule has 3 aromatic rings. The molecule has 0 fully saturated rings. The minimum atomic E-state index is -0.417. The van der Waals surface area contributed by atoms with Gasteiger partial charge in [0.15, 0.2) is 0 Å². The highest BCUT2D eigenvalue weighted by molar-refractivity contribution is 5.84. The van der Waals surface area contributed by atoms with E-state index in [1.807, 2.05) is 22.9 Å². The van der Waals surface area contributed by atoms with Crippen LogP contribution in [0.1, 0.15) is 0 Å². The maximum absolute atomic E-state index is 10.8. The molecule has 0 amide bonds. The molecule has 1 aromatic heterocycles. The normalized spacial score (nSPS) is 10.7. The number of aromatic hydroxyl groups is 1. The van der Waals surface area contributed by atoms with Gasteiger partial charge in [0.05, 0.1) is 10.4 Å². The average Bonchev–Trinajstić information content (AvgIpc) is 2.81. The Morgan fingerprint density at radius 2 is 1.95 bits per heavy atom. The Hall–Kier alpha value is -2.82. The monoisotopic (exact) mass is 254 g/mol. The Balaban J connectivity index is 2.24. The van der Waals surface area contributed by atoms with Crippen molar-refractivity contribution in [1.29, 1.82) is 0 Å². The molecular formula is C14H10N2O3. The smallest absolute Gasteiger partial charge is 0.271 e. The molecule has 0 aliphatic rings. The van der Waals surface area contributed by atoms with E-state index in [0.717, 1.165) is 16.6 Å². The van der Waals surface area contributed by atoms with Gasteiger partial charge in [-0.05, 0) is 24.3 Å². The van der Waals surface area contributed by atoms with Crippen LogP contribution >= 0.6 is 0 Å². The third-order valence-corrected chi connectivity index (χ3v) is 3.00. The quantitative estimate of drug-likeness (QED) is 0.563. The van der Waals surface area contributed by atoms with Crippen LogP contribution in [0.5, 0.6) is 5.75 Å². The Morgan fingerprint density at radius 1 is 1.11 bits per heavy atom. The summed E-state index contributed by atoms with van der Waals surface area (Å²) < 4.78 is 1.81. The zero-order chi connectivity index (χ0) is 13.4. The van der Waals surface area contributed by atoms with Crippen LogP contribution in [0, 0.1) is 10.1 Å². The zero-order valence-corrected chi connectivity index (χ0v) is 9.85. The van der Waals surface area contributed by atoms with E-state index in [2.05, 4.69) is 0 Å². The van der Waals surface area contributed by atoms with Crippen LogP contribution in [0.25, 0.3) is 16.6 Å². The van der Waals surface area contributed by atoms with E-state index in [4.69, 9.17) is 0 Å². The van der Waals surface area contributed by atoms with E-state index in [0.29, 0.717) is 0 Å². The number of phenols is 1. The van der Waals surface area contributed by atoms with Crippen LogP contribution in [0.15, 0.2) is 54.7 Å². The van der Waals surface area contributed by atoms with Gasteiger partial charge in [0.1, 0.15) is 5.75 Å². The summed E-state index contributed by atoms with van der Waals surface area (Å²) >= 11 is 0. The number of hydrogen-bond acceptors (Lipinski definition) is 3. The number of fused-ring (bicyclic) bond motifs is 1. The SMILES string of the molecule is O=[N+]([O-])c1ccc2ccn(-c3cccc(O)c3)c2c1. The molecule has 0 spiro atoms. The van der Waals surface area contributed by atoms with Gasteiger partial charge in [-0.3, -0.25) is 10.1 Å². The summed E-state index contributed by atoms with van der Waals surface area (Å²) in [4.78, 5) is 10.4. The molecule has 0 unspecified atom stereocenters. The van der Waals surface area contributed by atoms with Gasteiger partial charge in [-0.1, -0.05) is 6.07 Å². The number of nitro benzene ring substituents is 1. The van der Waals surface area contributed by atoms with Gasteiger partial charge in [0, 0.05) is 35.5 Å². The Morgan fingerprint density at radius 3 is 2.68 bits per heavy atom. The van der Waals surface area contributed by atoms with Crippen LogP contribution in [0.2, 0.25) is 0 Å². The molecule has 0 saturated carbocycles. The average molecular weight is 254 g/mol. The van der Waals surface area contributed by atoms with E-state index in [1.165, 1.54) is 12.1 Å². The molecule has 1 N–H and O–H groups in total. The lowest BCUT2D eigenvalue weighted by Crippen LogP contribution is -1.93. The van der Waals surface area contributed by atoms with Crippen LogP contribution in [-0.4, -0.2) is 14.6 Å². The number of phenolic OH excluding ortho intramolecular Hbond substituents is 1. The fourth-order valence-corrected chi connectivity index (χ4v) is 2.10. The van der Waals surface area contributed by atoms with Crippen molar-refractivity contribution in [3.05, 3.63) is 64.8 Å². The highest BCUT2D eigenvalue weighted by Gasteiger charge is 2.10. The lowest BCUT2D eigenvalue weighted by atomic mass is 10.2. The van der Waals surface area contributed by atoms with Gasteiger partial charge in [-0.2, -0.15) is 0 Å². The largest absolute Gasteiger partial charge is 0.508 e. The molecule has 0 aliphatic heterocycles. The molecule has 0 radical (unpaired) electrons. The first-order chi connectivity index (χ1) is 9.15. The lowest BCUT2D eigenvalue weighted by molar-refractivity contribution is -0.384. The first kappa shape index (κ1) is 11.3. The molecule has 0 saturated heterocycles. The van der Waals surface area contributed by atoms with E-state index < -0.39 is 4.92 Å². The lowest BCUT2D eigenvalue weighted by Gasteiger charge is -2.05. The second-order valence-corrected chi connectivity index (χ2v) is 4.21. The van der Waals surface area contributed by atoms with Crippen molar-refractivity contribution in [2.45, 2.75) is 0 Å². The van der Waals surface area contributed by atoms with E-state index in [9.17, 15) is 15.2 Å². The van der Waals surface area contributed by atoms with Gasteiger partial charge in [0.25, 0.3) is 5.69 Å². The topological polar surface area (TPSA) is 68.3 Å². The van der Waals surface area contributed by atoms with Crippen LogP contribution in [0.3, 0.4) is 0 Å². The standard InChI is InChI=1S/C14H10N2O3/c17-13-3-1-2-11(8-13)15-7-6-10-4-5-12(16(18)19)9-14(10)15/h1-9,17H. The first-order valence-electron chi connectivity index (χ1n) is 5.70. The van der Waals surface area contributed by atoms with Crippen molar-refractivity contribution in [2.75, 3.05) is 0 Å². The summed E-state index contributed by atoms with van der Waals surface area (Å²) in [7, 11) is 0. The molecule has 0 bridgehead atoms. The van der Waals surface area contributed by atoms with Gasteiger partial charge in [-0.25, -0.2) is 0 Å². The van der Waals surface area contributed by atoms with E-state index in [-0.39, 0.29) is 11.4 Å². The molecule has 94 valence electrons. The number of nitro groups is 1. The van der Waals surface area contributed by atoms with Crippen molar-refractivity contribution in [2.24, 2.45) is 0 Å². The number of aromatic nitrogens is 1. The van der Waals surface area contributed by atoms with Crippen LogP contribution in [0.4, 0.5) is 5.69 Å². The predicted molar refractivity (Wildman–Crippen MR) is 71.6 cm³/mol. The van der Waals surface area contributed by atoms with Crippen molar-refractivity contribution in [1.82, 2.24) is 4.57 Å². The first-order valence-corrected chi connectivity index (χ1v) is 5.70. The van der Waals surface area contributed by atoms with Crippen molar-refractivity contribution in [3.63, 3.8) is 0 Å². The van der Waals surface area contributed by atoms with Crippen molar-refractivity contribution < 1.29 is 10.0 Å². The van der Waals surface area contributed by atoms with Crippen molar-refractivity contribution in [3.8, 4) is 11.4 Å². The fourth-order valence-electron chi connectivity index (χ4n) is 2.10. The second kappa shape index (κ2) is 4.13. The Bertz CT molecular complexity index is 777. The molecule has 1 heterocycles. The molecule has 2 aromatic carbocycles. The predicted octanol–water partition coefficient (Wildman–Crippen LogP) is 3.24. The van der Waals surface area contributed by atoms with Gasteiger partial charge < -0.3 is 9.67 Å². The maximum Gasteiger partial charge on any atom is 0.271 e. The second-order valence-electron chi connectivity index (χ2n) is 4.21. The summed E-state index contributed by atoms with van der Waals surface area (Å²) in [5.41, 5.74) is 1.54. The summed E-state index contributed by atoms with van der Waals surface area (Å²) in [6.07, 6.45) is 1.82. The van der Waals surface area contributed by atoms with Gasteiger partial charge in [0.2, 0.25) is 0 Å². The molecule has 5 heteroatoms. The molecular weight excluding hydrogens is 244 g/mol. The molecule has 0 atom stereocenters. The molecule has 5 nitrogen and oxygen atoms in total. The van der Waals surface area contributed by atoms with Gasteiger partial charge in [-0.15, -0.1) is 0 Å². The highest BCUT2D eigenvalue weighted by atomic mass is 16.6. The van der Waals surface area contributed by atoms with Gasteiger partial charge >= 0.3 is 0 Å². The molecule has 0 aliphatic carbocycles. The van der Waals surface area contributed by atoms with Crippen LogP contribution in [-0.2, 0) is 0 Å². The zero-order valence-electron chi connectivity index (χ0n) is 9.85. The number of hydrogen-bond donors (Lipinski definition) is 1. The summed E-state index contributed by atoms with van der Waals surface area (Å²) in [5.74, 6) is 0.157. The summed E-state index contributed by atoms with van der Waals surface area (Å²) in [5, 5.41) is 21.2. The number of rotatable bonds is 2. The summed E-state index contributed by atoms with van der Waals surface area (Å²) in [6.45, 7) is 0. The minimum absolute atomic E-state index is 0.0487. The highest BCUT2D eigenvalue weighted by Crippen LogP contribution is 2.26. The van der Waals surface area contributed by atoms with E-state index in [1.54, 1.807) is 24.3 Å².